The third-order valence-corrected chi connectivity index (χ3v) is 4.77. The van der Waals surface area contributed by atoms with E-state index in [2.05, 4.69) is 18.6 Å². The molecular formula is C15H25NO3S. The molecule has 0 saturated heterocycles. The molecule has 0 aliphatic carbocycles. The Bertz CT molecular complexity index is 494. The van der Waals surface area contributed by atoms with Gasteiger partial charge in [0.25, 0.3) is 0 Å². The maximum Gasteiger partial charge on any atom is 0.240 e. The third kappa shape index (κ3) is 5.61. The molecule has 0 heterocycles. The number of hydrogen-bond acceptors (Lipinski definition) is 3. The van der Waals surface area contributed by atoms with Crippen LogP contribution in [0.2, 0.25) is 0 Å². The quantitative estimate of drug-likeness (QED) is 0.774. The number of aliphatic hydroxyl groups excluding tert-OH is 1. The lowest BCUT2D eigenvalue weighted by atomic mass is 10.1. The molecule has 1 aromatic rings. The normalized spacial score (nSPS) is 13.7. The average Bonchev–Trinajstić information content (AvgIpc) is 2.37. The highest BCUT2D eigenvalue weighted by Gasteiger charge is 2.17. The van der Waals surface area contributed by atoms with E-state index in [0.29, 0.717) is 12.3 Å². The Morgan fingerprint density at radius 3 is 2.20 bits per heavy atom. The number of sulfonamides is 1. The Balaban J connectivity index is 2.68. The number of aliphatic hydroxyl groups is 1. The first kappa shape index (κ1) is 17.1. The van der Waals surface area contributed by atoms with Crippen LogP contribution in [0.1, 0.15) is 39.2 Å². The molecule has 20 heavy (non-hydrogen) atoms. The van der Waals surface area contributed by atoms with Gasteiger partial charge in [-0.1, -0.05) is 26.0 Å². The smallest absolute Gasteiger partial charge is 0.240 e. The van der Waals surface area contributed by atoms with Crippen LogP contribution in [-0.2, 0) is 16.4 Å². The zero-order valence-corrected chi connectivity index (χ0v) is 13.3. The Labute approximate surface area is 122 Å². The molecule has 4 nitrogen and oxygen atoms in total. The Kier molecular flexibility index (Phi) is 6.65. The van der Waals surface area contributed by atoms with Gasteiger partial charge in [-0.2, -0.15) is 0 Å². The van der Waals surface area contributed by atoms with E-state index in [1.54, 1.807) is 24.3 Å². The lowest BCUT2D eigenvalue weighted by molar-refractivity contribution is 0.299. The van der Waals surface area contributed by atoms with Crippen LogP contribution in [0.15, 0.2) is 29.2 Å². The van der Waals surface area contributed by atoms with Crippen molar-refractivity contribution in [2.75, 3.05) is 6.61 Å². The number of benzene rings is 1. The van der Waals surface area contributed by atoms with E-state index in [9.17, 15) is 8.42 Å². The minimum Gasteiger partial charge on any atom is -0.396 e. The summed E-state index contributed by atoms with van der Waals surface area (Å²) in [6, 6.07) is 6.58. The SMILES string of the molecule is CC(C)CCC(C)NS(=O)(=O)c1ccc(CCO)cc1. The zero-order valence-electron chi connectivity index (χ0n) is 12.5. The molecule has 5 heteroatoms. The molecule has 1 rings (SSSR count). The van der Waals surface area contributed by atoms with Gasteiger partial charge in [-0.3, -0.25) is 0 Å². The summed E-state index contributed by atoms with van der Waals surface area (Å²) in [6.07, 6.45) is 2.37. The predicted molar refractivity (Wildman–Crippen MR) is 81.1 cm³/mol. The van der Waals surface area contributed by atoms with Gasteiger partial charge in [0.1, 0.15) is 0 Å². The maximum absolute atomic E-state index is 12.2. The minimum atomic E-state index is -3.45. The largest absolute Gasteiger partial charge is 0.396 e. The van der Waals surface area contributed by atoms with Gasteiger partial charge in [0.05, 0.1) is 4.90 Å². The van der Waals surface area contributed by atoms with Crippen LogP contribution in [-0.4, -0.2) is 26.2 Å². The van der Waals surface area contributed by atoms with Gasteiger partial charge in [-0.15, -0.1) is 0 Å². The Morgan fingerprint density at radius 1 is 1.10 bits per heavy atom. The summed E-state index contributed by atoms with van der Waals surface area (Å²) in [4.78, 5) is 0.274. The molecule has 0 aliphatic heterocycles. The van der Waals surface area contributed by atoms with Crippen LogP contribution in [0.3, 0.4) is 0 Å². The summed E-state index contributed by atoms with van der Waals surface area (Å²) >= 11 is 0. The van der Waals surface area contributed by atoms with Crippen LogP contribution < -0.4 is 4.72 Å². The summed E-state index contributed by atoms with van der Waals surface area (Å²) in [5.74, 6) is 0.569. The molecule has 1 atom stereocenters. The van der Waals surface area contributed by atoms with Gasteiger partial charge in [0.15, 0.2) is 0 Å². The number of nitrogens with one attached hydrogen (secondary N) is 1. The van der Waals surface area contributed by atoms with E-state index < -0.39 is 10.0 Å². The minimum absolute atomic E-state index is 0.0661. The van der Waals surface area contributed by atoms with Crippen LogP contribution in [0.4, 0.5) is 0 Å². The first-order chi connectivity index (χ1) is 9.35. The topological polar surface area (TPSA) is 66.4 Å². The predicted octanol–water partition coefficient (Wildman–Crippen LogP) is 2.32. The van der Waals surface area contributed by atoms with Crippen molar-refractivity contribution >= 4 is 10.0 Å². The molecule has 1 aromatic carbocycles. The van der Waals surface area contributed by atoms with Crippen LogP contribution in [0.5, 0.6) is 0 Å². The monoisotopic (exact) mass is 299 g/mol. The second kappa shape index (κ2) is 7.76. The van der Waals surface area contributed by atoms with E-state index in [4.69, 9.17) is 5.11 Å². The van der Waals surface area contributed by atoms with Crippen molar-refractivity contribution in [3.8, 4) is 0 Å². The first-order valence-electron chi connectivity index (χ1n) is 7.07. The van der Waals surface area contributed by atoms with Crippen molar-refractivity contribution in [3.05, 3.63) is 29.8 Å². The molecule has 114 valence electrons. The summed E-state index contributed by atoms with van der Waals surface area (Å²) in [5, 5.41) is 8.84. The average molecular weight is 299 g/mol. The standard InChI is InChI=1S/C15H25NO3S/c1-12(2)4-5-13(3)16-20(18,19)15-8-6-14(7-9-15)10-11-17/h6-9,12-13,16-17H,4-5,10-11H2,1-3H3. The number of hydrogen-bond donors (Lipinski definition) is 2. The van der Waals surface area contributed by atoms with Crippen LogP contribution in [0, 0.1) is 5.92 Å². The molecule has 0 spiro atoms. The van der Waals surface area contributed by atoms with Crippen molar-refractivity contribution in [1.82, 2.24) is 4.72 Å². The highest BCUT2D eigenvalue weighted by Crippen LogP contribution is 2.13. The van der Waals surface area contributed by atoms with Gasteiger partial charge in [0, 0.05) is 12.6 Å². The van der Waals surface area contributed by atoms with Crippen molar-refractivity contribution < 1.29 is 13.5 Å². The summed E-state index contributed by atoms with van der Waals surface area (Å²) in [5.41, 5.74) is 0.930. The molecule has 0 fully saturated rings. The van der Waals surface area contributed by atoms with Crippen molar-refractivity contribution in [2.24, 2.45) is 5.92 Å². The van der Waals surface area contributed by atoms with Gasteiger partial charge in [-0.05, 0) is 49.8 Å². The van der Waals surface area contributed by atoms with Crippen LogP contribution >= 0.6 is 0 Å². The lowest BCUT2D eigenvalue weighted by Gasteiger charge is -2.15. The van der Waals surface area contributed by atoms with E-state index >= 15 is 0 Å². The van der Waals surface area contributed by atoms with Gasteiger partial charge in [-0.25, -0.2) is 13.1 Å². The second-order valence-corrected chi connectivity index (χ2v) is 7.33. The number of rotatable bonds is 8. The van der Waals surface area contributed by atoms with E-state index in [1.807, 2.05) is 6.92 Å². The summed E-state index contributed by atoms with van der Waals surface area (Å²) in [7, 11) is -3.45. The fraction of sp³-hybridized carbons (Fsp3) is 0.600. The highest BCUT2D eigenvalue weighted by molar-refractivity contribution is 7.89. The molecule has 0 radical (unpaired) electrons. The maximum atomic E-state index is 12.2. The molecule has 0 aromatic heterocycles. The molecule has 2 N–H and O–H groups in total. The highest BCUT2D eigenvalue weighted by atomic mass is 32.2. The van der Waals surface area contributed by atoms with Gasteiger partial charge >= 0.3 is 0 Å². The molecule has 0 saturated carbocycles. The first-order valence-corrected chi connectivity index (χ1v) is 8.55. The van der Waals surface area contributed by atoms with Crippen molar-refractivity contribution in [3.63, 3.8) is 0 Å². The fourth-order valence-corrected chi connectivity index (χ4v) is 3.22. The van der Waals surface area contributed by atoms with Gasteiger partial charge in [0.2, 0.25) is 10.0 Å². The van der Waals surface area contributed by atoms with Crippen LogP contribution in [0.25, 0.3) is 0 Å². The summed E-state index contributed by atoms with van der Waals surface area (Å²) in [6.45, 7) is 6.21. The lowest BCUT2D eigenvalue weighted by Crippen LogP contribution is -2.32. The Hall–Kier alpha value is -0.910. The molecular weight excluding hydrogens is 274 g/mol. The molecule has 0 bridgehead atoms. The second-order valence-electron chi connectivity index (χ2n) is 5.61. The third-order valence-electron chi connectivity index (χ3n) is 3.17. The van der Waals surface area contributed by atoms with Crippen molar-refractivity contribution in [1.29, 1.82) is 0 Å². The van der Waals surface area contributed by atoms with Crippen molar-refractivity contribution in [2.45, 2.75) is 51.0 Å². The summed E-state index contributed by atoms with van der Waals surface area (Å²) < 4.78 is 27.1. The fourth-order valence-electron chi connectivity index (χ4n) is 1.94. The van der Waals surface area contributed by atoms with E-state index in [1.165, 1.54) is 0 Å². The van der Waals surface area contributed by atoms with E-state index in [0.717, 1.165) is 18.4 Å². The van der Waals surface area contributed by atoms with Gasteiger partial charge < -0.3 is 5.11 Å². The Morgan fingerprint density at radius 2 is 1.70 bits per heavy atom. The molecule has 0 aliphatic rings. The zero-order chi connectivity index (χ0) is 15.2. The molecule has 0 amide bonds. The molecule has 1 unspecified atom stereocenters. The van der Waals surface area contributed by atoms with E-state index in [-0.39, 0.29) is 17.5 Å².